The van der Waals surface area contributed by atoms with Gasteiger partial charge in [0.05, 0.1) is 6.42 Å². The van der Waals surface area contributed by atoms with Gasteiger partial charge in [-0.3, -0.25) is 38.4 Å². The molecule has 3 aromatic rings. The highest BCUT2D eigenvalue weighted by atomic mass is 32.2. The molecule has 69 heavy (non-hydrogen) atoms. The van der Waals surface area contributed by atoms with Crippen molar-refractivity contribution in [1.82, 2.24) is 35.6 Å². The molecule has 3 aliphatic heterocycles. The molecule has 19 nitrogen and oxygen atoms in total. The number of thioether (sulfide) groups is 1. The van der Waals surface area contributed by atoms with Crippen LogP contribution in [-0.2, 0) is 49.5 Å². The van der Waals surface area contributed by atoms with Gasteiger partial charge in [0.15, 0.2) is 11.7 Å². The summed E-state index contributed by atoms with van der Waals surface area (Å²) >= 11 is 1.22. The van der Waals surface area contributed by atoms with Gasteiger partial charge in [0.25, 0.3) is 5.91 Å². The molecule has 8 atom stereocenters. The fraction of sp³-hybridized carbons (Fsp3) is 0.469. The number of carbonyl (C=O) groups is 9. The molecule has 5 N–H and O–H groups in total. The number of nitrogens with one attached hydrogen (secondary N) is 3. The van der Waals surface area contributed by atoms with Gasteiger partial charge in [-0.2, -0.15) is 11.8 Å². The molecule has 2 aromatic carbocycles. The predicted molar refractivity (Wildman–Crippen MR) is 251 cm³/mol. The number of ketones is 1. The lowest BCUT2D eigenvalue weighted by Gasteiger charge is -2.42. The van der Waals surface area contributed by atoms with Crippen molar-refractivity contribution < 1.29 is 58.1 Å². The van der Waals surface area contributed by atoms with Gasteiger partial charge in [0, 0.05) is 56.6 Å². The van der Waals surface area contributed by atoms with Crippen molar-refractivity contribution in [1.29, 1.82) is 0 Å². The van der Waals surface area contributed by atoms with E-state index in [1.807, 2.05) is 31.2 Å². The summed E-state index contributed by atoms with van der Waals surface area (Å²) in [5, 5.41) is 27.6. The third-order valence-electron chi connectivity index (χ3n) is 13.0. The number of Topliss-reactive ketones (excluding diaryl/α,β-unsaturated/α-hetero) is 1. The van der Waals surface area contributed by atoms with Crippen molar-refractivity contribution in [2.45, 2.75) is 108 Å². The summed E-state index contributed by atoms with van der Waals surface area (Å²) in [7, 11) is 1.45. The van der Waals surface area contributed by atoms with Crippen molar-refractivity contribution in [2.24, 2.45) is 5.92 Å². The first-order valence-corrected chi connectivity index (χ1v) is 24.1. The van der Waals surface area contributed by atoms with E-state index in [-0.39, 0.29) is 61.6 Å². The number of benzene rings is 2. The molecule has 20 heteroatoms. The third-order valence-corrected chi connectivity index (χ3v) is 14.2. The zero-order valence-corrected chi connectivity index (χ0v) is 40.0. The van der Waals surface area contributed by atoms with E-state index in [2.05, 4.69) is 20.9 Å². The molecule has 6 rings (SSSR count). The number of piperidine rings is 1. The highest BCUT2D eigenvalue weighted by molar-refractivity contribution is 7.99. The van der Waals surface area contributed by atoms with Gasteiger partial charge in [-0.1, -0.05) is 67.1 Å². The summed E-state index contributed by atoms with van der Waals surface area (Å²) in [6.07, 6.45) is -0.338. The Morgan fingerprint density at radius 2 is 1.65 bits per heavy atom. The molecule has 4 heterocycles. The molecule has 1 unspecified atom stereocenters. The molecule has 0 spiro atoms. The van der Waals surface area contributed by atoms with Crippen LogP contribution in [-0.4, -0.2) is 151 Å². The van der Waals surface area contributed by atoms with Crippen LogP contribution < -0.4 is 16.0 Å². The van der Waals surface area contributed by atoms with E-state index in [4.69, 9.17) is 4.74 Å². The number of aliphatic carboxylic acids is 1. The molecule has 0 aliphatic carbocycles. The van der Waals surface area contributed by atoms with E-state index in [0.717, 1.165) is 5.56 Å². The van der Waals surface area contributed by atoms with Crippen molar-refractivity contribution in [3.05, 3.63) is 95.3 Å². The largest absolute Gasteiger partial charge is 0.505 e. The molecular weight excluding hydrogens is 911 g/mol. The van der Waals surface area contributed by atoms with Gasteiger partial charge < -0.3 is 45.6 Å². The number of fused-ring (bicyclic) bond motifs is 2. The highest BCUT2D eigenvalue weighted by Crippen LogP contribution is 2.30. The van der Waals surface area contributed by atoms with Crippen LogP contribution in [0.5, 0.6) is 5.75 Å². The van der Waals surface area contributed by atoms with E-state index in [1.165, 1.54) is 77.8 Å². The Kier molecular flexibility index (Phi) is 16.8. The monoisotopic (exact) mass is 969 g/mol. The second-order valence-corrected chi connectivity index (χ2v) is 19.0. The summed E-state index contributed by atoms with van der Waals surface area (Å²) in [6.45, 7) is 6.18. The van der Waals surface area contributed by atoms with Crippen molar-refractivity contribution in [3.63, 3.8) is 0 Å². The van der Waals surface area contributed by atoms with E-state index < -0.39 is 113 Å². The predicted octanol–water partition coefficient (Wildman–Crippen LogP) is 2.34. The first-order chi connectivity index (χ1) is 32.8. The lowest BCUT2D eigenvalue weighted by molar-refractivity contribution is -0.157. The lowest BCUT2D eigenvalue weighted by Crippen LogP contribution is -2.65. The molecular formula is C49H59N7O12S. The van der Waals surface area contributed by atoms with Crippen LogP contribution in [0.2, 0.25) is 0 Å². The standard InChI is InChI=1S/C49H59N7O12S/c1-6-49(4)48(67)55-22-11-14-33(55)45(64)54(5)35(24-30-18-16-28(2)17-19-30)46(65)56-26-32(27-69-23-20-38(59)60)37(58)25-34(56)42(61)52-40(31-12-8-7-9-13-31)47(66)68-29(3)39(44(63)53-49)51-43(62)41-36(57)15-10-21-50-41/h7-10,12-13,15-19,21,29,32-35,39-40,57H,6,11,14,20,22-27H2,1-5H3,(H,51,62)(H,52,61)(H,53,63)(H,59,60)/t29-,32?,33+,34+,35+,39+,40+,49+/m1/s1. The number of carbonyl (C=O) groups excluding carboxylic acids is 8. The molecule has 3 saturated heterocycles. The molecule has 1 aromatic heterocycles. The van der Waals surface area contributed by atoms with Gasteiger partial charge >= 0.3 is 11.9 Å². The maximum atomic E-state index is 15.4. The minimum Gasteiger partial charge on any atom is -0.505 e. The van der Waals surface area contributed by atoms with Crippen LogP contribution in [0, 0.1) is 12.8 Å². The van der Waals surface area contributed by atoms with Gasteiger partial charge in [-0.25, -0.2) is 9.78 Å². The molecule has 0 bridgehead atoms. The normalized spacial score (nSPS) is 26.4. The number of hydrogen-bond acceptors (Lipinski definition) is 13. The number of nitrogens with zero attached hydrogens (tertiary/aromatic N) is 4. The number of aryl methyl sites for hydroxylation is 1. The number of ether oxygens (including phenoxy) is 1. The average Bonchev–Trinajstić information content (AvgIpc) is 3.82. The maximum absolute atomic E-state index is 15.4. The van der Waals surface area contributed by atoms with Crippen molar-refractivity contribution in [2.75, 3.05) is 31.6 Å². The minimum absolute atomic E-state index is 0.00215. The Bertz CT molecular complexity index is 2440. The van der Waals surface area contributed by atoms with Crippen LogP contribution in [0.15, 0.2) is 72.9 Å². The Morgan fingerprint density at radius 1 is 0.942 bits per heavy atom. The third kappa shape index (κ3) is 12.1. The van der Waals surface area contributed by atoms with E-state index >= 15 is 4.79 Å². The second kappa shape index (κ2) is 22.5. The zero-order chi connectivity index (χ0) is 50.2. The van der Waals surface area contributed by atoms with E-state index in [1.54, 1.807) is 25.1 Å². The number of carboxylic acids is 1. The Balaban J connectivity index is 1.47. The number of pyridine rings is 1. The van der Waals surface area contributed by atoms with Crippen molar-refractivity contribution in [3.8, 4) is 5.75 Å². The number of cyclic esters (lactones) is 1. The number of amides is 6. The number of likely N-dealkylation sites (N-methyl/N-ethyl adjacent to an activating group) is 1. The SMILES string of the molecule is CC[C@]1(C)NC(=O)[C@@H](NC(=O)c2ncccc2O)[C@@H](C)OC(=O)[C@H](c2ccccc2)NC(=O)[C@@H]2CC(=O)C(CSCCC(=O)O)CN2C(=O)[C@H](Cc2ccc(C)cc2)N(C)C(=O)[C@@H]2CCCN2C1=O. The highest BCUT2D eigenvalue weighted by Gasteiger charge is 2.49. The lowest BCUT2D eigenvalue weighted by atomic mass is 9.90. The van der Waals surface area contributed by atoms with E-state index in [9.17, 15) is 48.6 Å². The fourth-order valence-electron chi connectivity index (χ4n) is 8.75. The van der Waals surface area contributed by atoms with Crippen molar-refractivity contribution >= 4 is 64.9 Å². The number of rotatable bonds is 11. The summed E-state index contributed by atoms with van der Waals surface area (Å²) in [6, 6.07) is 10.6. The topological polar surface area (TPSA) is 262 Å². The molecule has 0 radical (unpaired) electrons. The van der Waals surface area contributed by atoms with Crippen LogP contribution in [0.4, 0.5) is 0 Å². The molecule has 6 amide bonds. The first-order valence-electron chi connectivity index (χ1n) is 22.9. The minimum atomic E-state index is -1.74. The van der Waals surface area contributed by atoms with Crippen LogP contribution in [0.3, 0.4) is 0 Å². The smallest absolute Gasteiger partial charge is 0.333 e. The fourth-order valence-corrected chi connectivity index (χ4v) is 9.81. The first kappa shape index (κ1) is 51.6. The molecule has 3 aliphatic rings. The van der Waals surface area contributed by atoms with Gasteiger partial charge in [0.2, 0.25) is 29.5 Å². The molecule has 3 fully saturated rings. The number of aromatic nitrogens is 1. The van der Waals surface area contributed by atoms with Gasteiger partial charge in [-0.05, 0) is 63.3 Å². The van der Waals surface area contributed by atoms with E-state index in [0.29, 0.717) is 12.0 Å². The summed E-state index contributed by atoms with van der Waals surface area (Å²) in [5.41, 5.74) is -0.318. The van der Waals surface area contributed by atoms with Crippen LogP contribution in [0.1, 0.15) is 86.1 Å². The van der Waals surface area contributed by atoms with Gasteiger partial charge in [0.1, 0.15) is 47.3 Å². The maximum Gasteiger partial charge on any atom is 0.333 e. The van der Waals surface area contributed by atoms with Gasteiger partial charge in [-0.15, -0.1) is 0 Å². The quantitative estimate of drug-likeness (QED) is 0.137. The average molecular weight is 970 g/mol. The Morgan fingerprint density at radius 3 is 2.32 bits per heavy atom. The Hall–Kier alpha value is -6.83. The molecule has 368 valence electrons. The number of hydrogen-bond donors (Lipinski definition) is 5. The Labute approximate surface area is 404 Å². The second-order valence-electron chi connectivity index (χ2n) is 17.9. The number of esters is 1. The van der Waals surface area contributed by atoms with Crippen LogP contribution in [0.25, 0.3) is 0 Å². The molecule has 0 saturated carbocycles. The van der Waals surface area contributed by atoms with Crippen LogP contribution >= 0.6 is 11.8 Å². The number of carboxylic acid groups (broad SMARTS) is 1. The summed E-state index contributed by atoms with van der Waals surface area (Å²) < 4.78 is 5.92. The zero-order valence-electron chi connectivity index (χ0n) is 39.2. The summed E-state index contributed by atoms with van der Waals surface area (Å²) in [4.78, 5) is 136. The summed E-state index contributed by atoms with van der Waals surface area (Å²) in [5.74, 6) is -8.29. The number of aromatic hydroxyl groups is 1.